The zero-order chi connectivity index (χ0) is 15.4. The summed E-state index contributed by atoms with van der Waals surface area (Å²) < 4.78 is 4.90. The maximum atomic E-state index is 11.6. The number of ether oxygens (including phenoxy) is 1. The van der Waals surface area contributed by atoms with Gasteiger partial charge in [-0.25, -0.2) is 0 Å². The molecule has 1 aromatic carbocycles. The lowest BCUT2D eigenvalue weighted by Gasteiger charge is -2.21. The van der Waals surface area contributed by atoms with E-state index in [0.29, 0.717) is 23.1 Å². The highest BCUT2D eigenvalue weighted by molar-refractivity contribution is 6.44. The smallest absolute Gasteiger partial charge is 0.323 e. The molecule has 0 aliphatic carbocycles. The summed E-state index contributed by atoms with van der Waals surface area (Å²) in [6, 6.07) is 3.12. The SMILES string of the molecule is CCOC(=O)C(N)Cc1ccc(N2CCCC2)c(Cl)c1Cl. The lowest BCUT2D eigenvalue weighted by Crippen LogP contribution is -2.34. The van der Waals surface area contributed by atoms with Gasteiger partial charge in [0.15, 0.2) is 0 Å². The van der Waals surface area contributed by atoms with E-state index in [4.69, 9.17) is 33.7 Å². The number of esters is 1. The Morgan fingerprint density at radius 3 is 2.62 bits per heavy atom. The van der Waals surface area contributed by atoms with Crippen molar-refractivity contribution < 1.29 is 9.53 Å². The third-order valence-corrected chi connectivity index (χ3v) is 4.53. The van der Waals surface area contributed by atoms with E-state index in [1.54, 1.807) is 6.92 Å². The third-order valence-electron chi connectivity index (χ3n) is 3.62. The zero-order valence-corrected chi connectivity index (χ0v) is 13.6. The van der Waals surface area contributed by atoms with E-state index in [2.05, 4.69) is 4.90 Å². The summed E-state index contributed by atoms with van der Waals surface area (Å²) in [7, 11) is 0. The summed E-state index contributed by atoms with van der Waals surface area (Å²) in [5, 5.41) is 1.01. The van der Waals surface area contributed by atoms with Crippen molar-refractivity contribution in [1.82, 2.24) is 0 Å². The molecule has 0 spiro atoms. The fraction of sp³-hybridized carbons (Fsp3) is 0.533. The fourth-order valence-electron chi connectivity index (χ4n) is 2.51. The minimum absolute atomic E-state index is 0.314. The number of carbonyl (C=O) groups excluding carboxylic acids is 1. The van der Waals surface area contributed by atoms with Crippen LogP contribution in [-0.4, -0.2) is 31.7 Å². The van der Waals surface area contributed by atoms with E-state index in [0.717, 1.165) is 24.3 Å². The van der Waals surface area contributed by atoms with Crippen molar-refractivity contribution >= 4 is 34.9 Å². The van der Waals surface area contributed by atoms with Crippen LogP contribution in [0.2, 0.25) is 10.0 Å². The third kappa shape index (κ3) is 3.82. The van der Waals surface area contributed by atoms with Crippen LogP contribution in [0.3, 0.4) is 0 Å². The number of anilines is 1. The van der Waals surface area contributed by atoms with E-state index in [1.165, 1.54) is 12.8 Å². The molecule has 6 heteroatoms. The Kier molecular flexibility index (Phi) is 5.73. The molecule has 1 fully saturated rings. The number of carbonyl (C=O) groups is 1. The summed E-state index contributed by atoms with van der Waals surface area (Å²) >= 11 is 12.7. The predicted octanol–water partition coefficient (Wildman–Crippen LogP) is 3.03. The Morgan fingerprint density at radius 1 is 1.33 bits per heavy atom. The number of rotatable bonds is 5. The summed E-state index contributed by atoms with van der Waals surface area (Å²) in [6.07, 6.45) is 2.66. The number of hydrogen-bond acceptors (Lipinski definition) is 4. The van der Waals surface area contributed by atoms with Crippen LogP contribution in [-0.2, 0) is 16.0 Å². The van der Waals surface area contributed by atoms with Crippen LogP contribution in [0.15, 0.2) is 12.1 Å². The summed E-state index contributed by atoms with van der Waals surface area (Å²) in [4.78, 5) is 13.8. The molecule has 2 rings (SSSR count). The van der Waals surface area contributed by atoms with Crippen LogP contribution in [0.1, 0.15) is 25.3 Å². The Bertz CT molecular complexity index is 517. The molecular weight excluding hydrogens is 311 g/mol. The highest BCUT2D eigenvalue weighted by atomic mass is 35.5. The highest BCUT2D eigenvalue weighted by Crippen LogP contribution is 2.37. The van der Waals surface area contributed by atoms with Crippen LogP contribution in [0.5, 0.6) is 0 Å². The molecule has 2 N–H and O–H groups in total. The van der Waals surface area contributed by atoms with E-state index in [-0.39, 0.29) is 0 Å². The maximum Gasteiger partial charge on any atom is 0.323 e. The van der Waals surface area contributed by atoms with Crippen LogP contribution in [0.4, 0.5) is 5.69 Å². The van der Waals surface area contributed by atoms with E-state index in [9.17, 15) is 4.79 Å². The lowest BCUT2D eigenvalue weighted by atomic mass is 10.1. The number of halogens is 2. The summed E-state index contributed by atoms with van der Waals surface area (Å²) in [6.45, 7) is 4.06. The van der Waals surface area contributed by atoms with Gasteiger partial charge in [-0.15, -0.1) is 0 Å². The molecule has 4 nitrogen and oxygen atoms in total. The second-order valence-corrected chi connectivity index (χ2v) is 5.88. The second-order valence-electron chi connectivity index (χ2n) is 5.13. The molecule has 1 aliphatic heterocycles. The fourth-order valence-corrected chi connectivity index (χ4v) is 3.05. The van der Waals surface area contributed by atoms with E-state index >= 15 is 0 Å². The van der Waals surface area contributed by atoms with Gasteiger partial charge in [0.1, 0.15) is 6.04 Å². The summed E-state index contributed by atoms with van der Waals surface area (Å²) in [5.74, 6) is -0.423. The average Bonchev–Trinajstić information content (AvgIpc) is 2.98. The van der Waals surface area contributed by atoms with E-state index in [1.807, 2.05) is 12.1 Å². The number of hydrogen-bond donors (Lipinski definition) is 1. The van der Waals surface area contributed by atoms with Crippen molar-refractivity contribution in [3.63, 3.8) is 0 Å². The van der Waals surface area contributed by atoms with Crippen LogP contribution in [0, 0.1) is 0 Å². The molecule has 1 unspecified atom stereocenters. The van der Waals surface area contributed by atoms with Crippen molar-refractivity contribution in [2.75, 3.05) is 24.6 Å². The van der Waals surface area contributed by atoms with Crippen molar-refractivity contribution in [3.8, 4) is 0 Å². The van der Waals surface area contributed by atoms with Gasteiger partial charge in [0.2, 0.25) is 0 Å². The molecular formula is C15H20Cl2N2O2. The highest BCUT2D eigenvalue weighted by Gasteiger charge is 2.21. The van der Waals surface area contributed by atoms with Gasteiger partial charge in [0.25, 0.3) is 0 Å². The van der Waals surface area contributed by atoms with Crippen molar-refractivity contribution in [2.24, 2.45) is 5.73 Å². The molecule has 1 aliphatic rings. The van der Waals surface area contributed by atoms with Gasteiger partial charge in [0, 0.05) is 13.1 Å². The maximum absolute atomic E-state index is 11.6. The van der Waals surface area contributed by atoms with Gasteiger partial charge in [0.05, 0.1) is 22.3 Å². The molecule has 1 saturated heterocycles. The lowest BCUT2D eigenvalue weighted by molar-refractivity contribution is -0.144. The van der Waals surface area contributed by atoms with Gasteiger partial charge in [-0.05, 0) is 37.8 Å². The molecule has 0 bridgehead atoms. The number of nitrogens with two attached hydrogens (primary N) is 1. The molecule has 1 aromatic rings. The van der Waals surface area contributed by atoms with Gasteiger partial charge < -0.3 is 15.4 Å². The minimum atomic E-state index is -0.726. The van der Waals surface area contributed by atoms with Crippen molar-refractivity contribution in [1.29, 1.82) is 0 Å². The molecule has 1 heterocycles. The van der Waals surface area contributed by atoms with Gasteiger partial charge in [-0.1, -0.05) is 29.3 Å². The average molecular weight is 331 g/mol. The number of benzene rings is 1. The Labute approximate surface area is 135 Å². The quantitative estimate of drug-likeness (QED) is 0.843. The Hall–Kier alpha value is -0.970. The van der Waals surface area contributed by atoms with Crippen LogP contribution >= 0.6 is 23.2 Å². The van der Waals surface area contributed by atoms with Crippen LogP contribution in [0.25, 0.3) is 0 Å². The minimum Gasteiger partial charge on any atom is -0.465 e. The molecule has 0 amide bonds. The normalized spacial score (nSPS) is 16.1. The topological polar surface area (TPSA) is 55.6 Å². The standard InChI is InChI=1S/C15H20Cl2N2O2/c1-2-21-15(20)11(18)9-10-5-6-12(14(17)13(10)16)19-7-3-4-8-19/h5-6,11H,2-4,7-9,18H2,1H3. The largest absolute Gasteiger partial charge is 0.465 e. The molecule has 1 atom stereocenters. The van der Waals surface area contributed by atoms with Crippen molar-refractivity contribution in [3.05, 3.63) is 27.7 Å². The summed E-state index contributed by atoms with van der Waals surface area (Å²) in [5.41, 5.74) is 7.55. The molecule has 0 aromatic heterocycles. The predicted molar refractivity (Wildman–Crippen MR) is 86.2 cm³/mol. The second kappa shape index (κ2) is 7.34. The molecule has 116 valence electrons. The van der Waals surface area contributed by atoms with Gasteiger partial charge in [-0.3, -0.25) is 4.79 Å². The number of nitrogens with zero attached hydrogens (tertiary/aromatic N) is 1. The first-order valence-corrected chi connectivity index (χ1v) is 7.94. The molecule has 0 saturated carbocycles. The first kappa shape index (κ1) is 16.4. The first-order chi connectivity index (χ1) is 10.0. The monoisotopic (exact) mass is 330 g/mol. The first-order valence-electron chi connectivity index (χ1n) is 7.18. The van der Waals surface area contributed by atoms with Gasteiger partial charge >= 0.3 is 5.97 Å². The Morgan fingerprint density at radius 2 is 2.00 bits per heavy atom. The van der Waals surface area contributed by atoms with Crippen molar-refractivity contribution in [2.45, 2.75) is 32.2 Å². The molecule has 0 radical (unpaired) electrons. The Balaban J connectivity index is 2.14. The van der Waals surface area contributed by atoms with Gasteiger partial charge in [-0.2, -0.15) is 0 Å². The molecule has 21 heavy (non-hydrogen) atoms. The van der Waals surface area contributed by atoms with Crippen LogP contribution < -0.4 is 10.6 Å². The zero-order valence-electron chi connectivity index (χ0n) is 12.1. The van der Waals surface area contributed by atoms with E-state index < -0.39 is 12.0 Å².